The van der Waals surface area contributed by atoms with Crippen molar-refractivity contribution in [3.63, 3.8) is 0 Å². The molecule has 1 fully saturated rings. The summed E-state index contributed by atoms with van der Waals surface area (Å²) < 4.78 is 1.82. The molecule has 0 aliphatic carbocycles. The minimum Gasteiger partial charge on any atom is -0.363 e. The Bertz CT molecular complexity index is 940. The number of aromatic nitrogens is 6. The Morgan fingerprint density at radius 3 is 2.04 bits per heavy atom. The van der Waals surface area contributed by atoms with Crippen molar-refractivity contribution in [3.8, 4) is 5.82 Å². The molecule has 0 atom stereocenters. The molecule has 0 saturated carbocycles. The molecule has 3 aromatic rings. The van der Waals surface area contributed by atoms with E-state index in [0.717, 1.165) is 60.8 Å². The Balaban J connectivity index is 1.42. The third kappa shape index (κ3) is 3.60. The smallest absolute Gasteiger partial charge is 0.176 e. The Hall–Kier alpha value is -3.23. The van der Waals surface area contributed by atoms with Gasteiger partial charge in [0.05, 0.1) is 5.69 Å². The Labute approximate surface area is 164 Å². The van der Waals surface area contributed by atoms with Crippen LogP contribution in [0.15, 0.2) is 30.6 Å². The van der Waals surface area contributed by atoms with Gasteiger partial charge in [-0.2, -0.15) is 5.10 Å². The zero-order valence-electron chi connectivity index (χ0n) is 16.7. The van der Waals surface area contributed by atoms with E-state index in [0.29, 0.717) is 0 Å². The average molecular weight is 379 g/mol. The average Bonchev–Trinajstić information content (AvgIpc) is 3.06. The SMILES string of the molecule is Cc1cc(C)n(-c2ccc(N3CCN(c4cc(N(C)C)ncn4)CC3)nn2)n1. The summed E-state index contributed by atoms with van der Waals surface area (Å²) in [6, 6.07) is 8.05. The van der Waals surface area contributed by atoms with Crippen LogP contribution in [0.4, 0.5) is 17.5 Å². The normalized spacial score (nSPS) is 14.4. The molecule has 0 N–H and O–H groups in total. The van der Waals surface area contributed by atoms with Gasteiger partial charge in [-0.1, -0.05) is 0 Å². The molecule has 0 bridgehead atoms. The van der Waals surface area contributed by atoms with Crippen molar-refractivity contribution in [2.45, 2.75) is 13.8 Å². The molecule has 0 amide bonds. The summed E-state index contributed by atoms with van der Waals surface area (Å²) >= 11 is 0. The van der Waals surface area contributed by atoms with Gasteiger partial charge in [-0.05, 0) is 32.0 Å². The number of hydrogen-bond acceptors (Lipinski definition) is 8. The van der Waals surface area contributed by atoms with Gasteiger partial charge in [-0.3, -0.25) is 0 Å². The van der Waals surface area contributed by atoms with E-state index in [1.54, 1.807) is 6.33 Å². The third-order valence-electron chi connectivity index (χ3n) is 4.89. The van der Waals surface area contributed by atoms with Gasteiger partial charge in [0.15, 0.2) is 11.6 Å². The number of anilines is 3. The number of hydrogen-bond donors (Lipinski definition) is 0. The zero-order valence-corrected chi connectivity index (χ0v) is 16.7. The zero-order chi connectivity index (χ0) is 19.7. The first-order valence-electron chi connectivity index (χ1n) is 9.38. The molecule has 3 aromatic heterocycles. The van der Waals surface area contributed by atoms with Crippen molar-refractivity contribution in [3.05, 3.63) is 42.0 Å². The van der Waals surface area contributed by atoms with E-state index in [1.165, 1.54) is 0 Å². The largest absolute Gasteiger partial charge is 0.363 e. The van der Waals surface area contributed by atoms with Crippen molar-refractivity contribution in [1.29, 1.82) is 0 Å². The van der Waals surface area contributed by atoms with Gasteiger partial charge in [0, 0.05) is 52.0 Å². The molecule has 0 unspecified atom stereocenters. The standard InChI is InChI=1S/C19H25N9/c1-14-11-15(2)28(24-14)17-6-5-16(22-23-17)26-7-9-27(10-8-26)19-12-18(25(3)4)20-13-21-19/h5-6,11-13H,7-10H2,1-4H3. The minimum absolute atomic E-state index is 0.741. The van der Waals surface area contributed by atoms with E-state index in [-0.39, 0.29) is 0 Å². The van der Waals surface area contributed by atoms with E-state index in [1.807, 2.05) is 61.8 Å². The molecule has 0 radical (unpaired) electrons. The Morgan fingerprint density at radius 2 is 1.46 bits per heavy atom. The predicted molar refractivity (Wildman–Crippen MR) is 109 cm³/mol. The molecule has 4 heterocycles. The summed E-state index contributed by atoms with van der Waals surface area (Å²) in [6.07, 6.45) is 1.63. The topological polar surface area (TPSA) is 79.1 Å². The molecule has 1 aliphatic rings. The van der Waals surface area contributed by atoms with Gasteiger partial charge >= 0.3 is 0 Å². The van der Waals surface area contributed by atoms with Crippen LogP contribution in [-0.4, -0.2) is 70.2 Å². The molecule has 9 nitrogen and oxygen atoms in total. The lowest BCUT2D eigenvalue weighted by molar-refractivity contribution is 0.636. The van der Waals surface area contributed by atoms with Crippen molar-refractivity contribution < 1.29 is 0 Å². The van der Waals surface area contributed by atoms with Crippen molar-refractivity contribution >= 4 is 17.5 Å². The molecular weight excluding hydrogens is 354 g/mol. The second-order valence-corrected chi connectivity index (χ2v) is 7.19. The lowest BCUT2D eigenvalue weighted by Crippen LogP contribution is -2.47. The van der Waals surface area contributed by atoms with Crippen LogP contribution in [0.1, 0.15) is 11.4 Å². The Morgan fingerprint density at radius 1 is 0.821 bits per heavy atom. The van der Waals surface area contributed by atoms with Crippen LogP contribution in [0, 0.1) is 13.8 Å². The monoisotopic (exact) mass is 379 g/mol. The predicted octanol–water partition coefficient (Wildman–Crippen LogP) is 1.46. The molecule has 9 heteroatoms. The first kappa shape index (κ1) is 18.1. The highest BCUT2D eigenvalue weighted by atomic mass is 15.4. The highest BCUT2D eigenvalue weighted by molar-refractivity contribution is 5.51. The summed E-state index contributed by atoms with van der Waals surface area (Å²) in [5, 5.41) is 13.3. The number of rotatable bonds is 4. The highest BCUT2D eigenvalue weighted by Gasteiger charge is 2.20. The summed E-state index contributed by atoms with van der Waals surface area (Å²) in [7, 11) is 3.97. The summed E-state index contributed by atoms with van der Waals surface area (Å²) in [5.41, 5.74) is 2.02. The van der Waals surface area contributed by atoms with Crippen molar-refractivity contribution in [2.24, 2.45) is 0 Å². The fraction of sp³-hybridized carbons (Fsp3) is 0.421. The molecule has 0 aromatic carbocycles. The van der Waals surface area contributed by atoms with Crippen LogP contribution in [-0.2, 0) is 0 Å². The van der Waals surface area contributed by atoms with E-state index < -0.39 is 0 Å². The molecular formula is C19H25N9. The first-order chi connectivity index (χ1) is 13.5. The van der Waals surface area contributed by atoms with Crippen LogP contribution in [0.5, 0.6) is 0 Å². The molecule has 28 heavy (non-hydrogen) atoms. The lowest BCUT2D eigenvalue weighted by Gasteiger charge is -2.35. The first-order valence-corrected chi connectivity index (χ1v) is 9.38. The lowest BCUT2D eigenvalue weighted by atomic mass is 10.3. The molecule has 1 aliphatic heterocycles. The van der Waals surface area contributed by atoms with E-state index in [2.05, 4.69) is 35.1 Å². The van der Waals surface area contributed by atoms with E-state index in [9.17, 15) is 0 Å². The van der Waals surface area contributed by atoms with E-state index >= 15 is 0 Å². The van der Waals surface area contributed by atoms with Gasteiger partial charge < -0.3 is 14.7 Å². The highest BCUT2D eigenvalue weighted by Crippen LogP contribution is 2.20. The summed E-state index contributed by atoms with van der Waals surface area (Å²) in [4.78, 5) is 15.2. The quantitative estimate of drug-likeness (QED) is 0.674. The molecule has 1 saturated heterocycles. The second-order valence-electron chi connectivity index (χ2n) is 7.19. The van der Waals surface area contributed by atoms with Crippen LogP contribution in [0.25, 0.3) is 5.82 Å². The number of piperazine rings is 1. The van der Waals surface area contributed by atoms with Crippen molar-refractivity contribution in [1.82, 2.24) is 29.9 Å². The fourth-order valence-corrected chi connectivity index (χ4v) is 3.38. The molecule has 0 spiro atoms. The van der Waals surface area contributed by atoms with Gasteiger partial charge in [-0.25, -0.2) is 14.6 Å². The second kappa shape index (κ2) is 7.41. The molecule has 4 rings (SSSR count). The number of nitrogens with zero attached hydrogens (tertiary/aromatic N) is 9. The van der Waals surface area contributed by atoms with Crippen LogP contribution in [0.2, 0.25) is 0 Å². The third-order valence-corrected chi connectivity index (χ3v) is 4.89. The van der Waals surface area contributed by atoms with Gasteiger partial charge in [-0.15, -0.1) is 10.2 Å². The maximum absolute atomic E-state index is 4.46. The summed E-state index contributed by atoms with van der Waals surface area (Å²) in [5.74, 6) is 3.51. The number of aryl methyl sites for hydroxylation is 2. The van der Waals surface area contributed by atoms with Crippen LogP contribution in [0.3, 0.4) is 0 Å². The molecule has 146 valence electrons. The van der Waals surface area contributed by atoms with Gasteiger partial charge in [0.25, 0.3) is 0 Å². The van der Waals surface area contributed by atoms with Crippen LogP contribution < -0.4 is 14.7 Å². The van der Waals surface area contributed by atoms with Gasteiger partial charge in [0.2, 0.25) is 0 Å². The Kier molecular flexibility index (Phi) is 4.81. The fourth-order valence-electron chi connectivity index (χ4n) is 3.38. The minimum atomic E-state index is 0.741. The van der Waals surface area contributed by atoms with E-state index in [4.69, 9.17) is 0 Å². The summed E-state index contributed by atoms with van der Waals surface area (Å²) in [6.45, 7) is 7.49. The maximum Gasteiger partial charge on any atom is 0.176 e. The van der Waals surface area contributed by atoms with Gasteiger partial charge in [0.1, 0.15) is 18.0 Å². The maximum atomic E-state index is 4.46. The van der Waals surface area contributed by atoms with Crippen molar-refractivity contribution in [2.75, 3.05) is 55.0 Å². The van der Waals surface area contributed by atoms with Crippen LogP contribution >= 0.6 is 0 Å².